The monoisotopic (exact) mass is 417 g/mol. The minimum absolute atomic E-state index is 0.0541. The van der Waals surface area contributed by atoms with Gasteiger partial charge in [-0.25, -0.2) is 0 Å². The van der Waals surface area contributed by atoms with Gasteiger partial charge in [-0.15, -0.1) is 0 Å². The summed E-state index contributed by atoms with van der Waals surface area (Å²) in [6, 6.07) is 16.0. The highest BCUT2D eigenvalue weighted by molar-refractivity contribution is 6.92. The van der Waals surface area contributed by atoms with Gasteiger partial charge in [-0.2, -0.15) is 13.2 Å². The molecule has 1 heterocycles. The van der Waals surface area contributed by atoms with Crippen LogP contribution in [-0.4, -0.2) is 18.5 Å². The summed E-state index contributed by atoms with van der Waals surface area (Å²) in [7, 11) is -2.04. The van der Waals surface area contributed by atoms with E-state index in [0.717, 1.165) is 57.6 Å². The molecule has 2 nitrogen and oxygen atoms in total. The Balaban J connectivity index is 2.43. The van der Waals surface area contributed by atoms with Crippen LogP contribution in [0.3, 0.4) is 0 Å². The van der Waals surface area contributed by atoms with Gasteiger partial charge >= 0.3 is 6.18 Å². The van der Waals surface area contributed by atoms with Gasteiger partial charge in [0.2, 0.25) is 5.91 Å². The van der Waals surface area contributed by atoms with Crippen molar-refractivity contribution in [2.24, 2.45) is 0 Å². The molecule has 0 bridgehead atoms. The maximum absolute atomic E-state index is 13.1. The standard InChI is InChI=1S/C23H26F3NOSi/c1-5-29(6-2,7-3)22-21(17-12-14-18(15-13-17)23(24,25)26)19-10-8-9-11-20(19)27(22)16(4)28/h8-15H,5-7H2,1-4H3. The number of benzene rings is 2. The Morgan fingerprint density at radius 1 is 0.931 bits per heavy atom. The van der Waals surface area contributed by atoms with Crippen LogP contribution in [0.4, 0.5) is 13.2 Å². The normalized spacial score (nSPS) is 12.5. The molecule has 0 aliphatic rings. The third kappa shape index (κ3) is 3.54. The number of carbonyl (C=O) groups is 1. The van der Waals surface area contributed by atoms with Crippen LogP contribution in [0.1, 0.15) is 38.1 Å². The highest BCUT2D eigenvalue weighted by Gasteiger charge is 2.38. The van der Waals surface area contributed by atoms with E-state index in [1.807, 2.05) is 28.8 Å². The van der Waals surface area contributed by atoms with E-state index in [4.69, 9.17) is 0 Å². The molecule has 6 heteroatoms. The number of para-hydroxylation sites is 1. The first kappa shape index (κ1) is 21.4. The van der Waals surface area contributed by atoms with Crippen LogP contribution in [0, 0.1) is 0 Å². The van der Waals surface area contributed by atoms with Crippen molar-refractivity contribution in [3.05, 3.63) is 54.1 Å². The van der Waals surface area contributed by atoms with Gasteiger partial charge in [0.1, 0.15) is 8.07 Å². The van der Waals surface area contributed by atoms with Crippen LogP contribution < -0.4 is 5.32 Å². The Bertz CT molecular complexity index is 1020. The fourth-order valence-corrected chi connectivity index (χ4v) is 8.51. The number of aromatic nitrogens is 1. The average molecular weight is 418 g/mol. The topological polar surface area (TPSA) is 22.0 Å². The summed E-state index contributed by atoms with van der Waals surface area (Å²) in [5.74, 6) is -0.0541. The number of alkyl halides is 3. The fourth-order valence-electron chi connectivity index (χ4n) is 4.44. The van der Waals surface area contributed by atoms with Crippen LogP contribution in [0.5, 0.6) is 0 Å². The van der Waals surface area contributed by atoms with Gasteiger partial charge in [0.25, 0.3) is 0 Å². The third-order valence-corrected chi connectivity index (χ3v) is 11.8. The van der Waals surface area contributed by atoms with Gasteiger partial charge in [0, 0.05) is 23.2 Å². The van der Waals surface area contributed by atoms with E-state index in [2.05, 4.69) is 20.8 Å². The molecule has 0 aliphatic carbocycles. The zero-order valence-electron chi connectivity index (χ0n) is 17.2. The average Bonchev–Trinajstić information content (AvgIpc) is 3.05. The minimum Gasteiger partial charge on any atom is -0.288 e. The molecule has 1 aromatic heterocycles. The first-order valence-corrected chi connectivity index (χ1v) is 12.6. The van der Waals surface area contributed by atoms with Crippen molar-refractivity contribution in [2.75, 3.05) is 0 Å². The van der Waals surface area contributed by atoms with Gasteiger partial charge in [-0.3, -0.25) is 9.36 Å². The summed E-state index contributed by atoms with van der Waals surface area (Å²) in [5, 5.41) is 1.96. The molecule has 2 aromatic carbocycles. The van der Waals surface area contributed by atoms with Crippen molar-refractivity contribution in [3.63, 3.8) is 0 Å². The second-order valence-corrected chi connectivity index (χ2v) is 12.7. The minimum atomic E-state index is -4.37. The first-order chi connectivity index (χ1) is 13.7. The molecule has 0 unspecified atom stereocenters. The summed E-state index contributed by atoms with van der Waals surface area (Å²) in [5.41, 5.74) is 1.82. The number of carbonyl (C=O) groups excluding carboxylic acids is 1. The Labute approximate surface area is 170 Å². The summed E-state index contributed by atoms with van der Waals surface area (Å²) in [6.07, 6.45) is -4.37. The number of fused-ring (bicyclic) bond motifs is 1. The van der Waals surface area contributed by atoms with E-state index in [1.54, 1.807) is 19.1 Å². The molecule has 0 radical (unpaired) electrons. The Kier molecular flexibility index (Phi) is 5.76. The maximum atomic E-state index is 13.1. The molecular weight excluding hydrogens is 391 g/mol. The van der Waals surface area contributed by atoms with Gasteiger partial charge in [-0.05, 0) is 23.8 Å². The zero-order valence-corrected chi connectivity index (χ0v) is 18.2. The Morgan fingerprint density at radius 2 is 1.48 bits per heavy atom. The lowest BCUT2D eigenvalue weighted by molar-refractivity contribution is -0.137. The largest absolute Gasteiger partial charge is 0.416 e. The van der Waals surface area contributed by atoms with Gasteiger partial charge < -0.3 is 0 Å². The predicted octanol–water partition coefficient (Wildman–Crippen LogP) is 6.70. The molecule has 0 N–H and O–H groups in total. The molecule has 29 heavy (non-hydrogen) atoms. The number of hydrogen-bond donors (Lipinski definition) is 0. The summed E-state index contributed by atoms with van der Waals surface area (Å²) < 4.78 is 41.1. The quantitative estimate of drug-likeness (QED) is 0.423. The molecule has 0 spiro atoms. The molecule has 0 saturated heterocycles. The highest BCUT2D eigenvalue weighted by Crippen LogP contribution is 2.36. The molecule has 3 rings (SSSR count). The van der Waals surface area contributed by atoms with Crippen LogP contribution in [-0.2, 0) is 6.18 Å². The fraction of sp³-hybridized carbons (Fsp3) is 0.348. The number of halogens is 3. The van der Waals surface area contributed by atoms with E-state index in [-0.39, 0.29) is 5.91 Å². The summed E-state index contributed by atoms with van der Waals surface area (Å²) in [4.78, 5) is 12.7. The van der Waals surface area contributed by atoms with Crippen molar-refractivity contribution in [3.8, 4) is 11.1 Å². The van der Waals surface area contributed by atoms with Gasteiger partial charge in [0.05, 0.1) is 11.1 Å². The lowest BCUT2D eigenvalue weighted by atomic mass is 10.0. The summed E-state index contributed by atoms with van der Waals surface area (Å²) in [6.45, 7) is 8.06. The first-order valence-electron chi connectivity index (χ1n) is 10.0. The van der Waals surface area contributed by atoms with Crippen LogP contribution in [0.2, 0.25) is 18.1 Å². The maximum Gasteiger partial charge on any atom is 0.416 e. The molecule has 3 aromatic rings. The van der Waals surface area contributed by atoms with E-state index >= 15 is 0 Å². The molecule has 0 atom stereocenters. The Hall–Kier alpha value is -2.34. The molecule has 0 fully saturated rings. The molecule has 0 amide bonds. The van der Waals surface area contributed by atoms with E-state index < -0.39 is 19.8 Å². The van der Waals surface area contributed by atoms with Crippen molar-refractivity contribution >= 4 is 30.2 Å². The van der Waals surface area contributed by atoms with Crippen molar-refractivity contribution < 1.29 is 18.0 Å². The van der Waals surface area contributed by atoms with Crippen LogP contribution >= 0.6 is 0 Å². The van der Waals surface area contributed by atoms with Crippen molar-refractivity contribution in [2.45, 2.75) is 52.0 Å². The molecular formula is C23H26F3NOSi. The van der Waals surface area contributed by atoms with E-state index in [9.17, 15) is 18.0 Å². The molecule has 0 saturated carbocycles. The van der Waals surface area contributed by atoms with E-state index in [1.165, 1.54) is 0 Å². The second kappa shape index (κ2) is 7.82. The number of nitrogens with zero attached hydrogens (tertiary/aromatic N) is 1. The predicted molar refractivity (Wildman–Crippen MR) is 116 cm³/mol. The lowest BCUT2D eigenvalue weighted by Crippen LogP contribution is -2.51. The van der Waals surface area contributed by atoms with Crippen LogP contribution in [0.15, 0.2) is 48.5 Å². The van der Waals surface area contributed by atoms with Gasteiger partial charge in [0.15, 0.2) is 0 Å². The smallest absolute Gasteiger partial charge is 0.288 e. The van der Waals surface area contributed by atoms with Crippen molar-refractivity contribution in [1.82, 2.24) is 4.57 Å². The lowest BCUT2D eigenvalue weighted by Gasteiger charge is -2.31. The SMILES string of the molecule is CC[Si](CC)(CC)c1c(-c2ccc(C(F)(F)F)cc2)c2ccccc2n1C(C)=O. The summed E-state index contributed by atoms with van der Waals surface area (Å²) >= 11 is 0. The second-order valence-electron chi connectivity index (χ2n) is 7.51. The third-order valence-electron chi connectivity index (χ3n) is 6.22. The zero-order chi connectivity index (χ0) is 21.4. The Morgan fingerprint density at radius 3 is 1.97 bits per heavy atom. The van der Waals surface area contributed by atoms with E-state index in [0.29, 0.717) is 0 Å². The van der Waals surface area contributed by atoms with Crippen LogP contribution in [0.25, 0.3) is 22.0 Å². The highest BCUT2D eigenvalue weighted by atomic mass is 28.3. The number of rotatable bonds is 5. The van der Waals surface area contributed by atoms with Crippen molar-refractivity contribution in [1.29, 1.82) is 0 Å². The number of hydrogen-bond acceptors (Lipinski definition) is 1. The molecule has 0 aliphatic heterocycles. The molecule has 154 valence electrons. The van der Waals surface area contributed by atoms with Gasteiger partial charge in [-0.1, -0.05) is 69.2 Å².